The molecule has 0 atom stereocenters. The smallest absolute Gasteiger partial charge is 0.345 e. The average molecular weight is 264 g/mol. The third-order valence-electron chi connectivity index (χ3n) is 1.77. The molecule has 8 heteroatoms. The SMILES string of the molecule is O=[N+]([O-])CC(=S)Nc1ccc(C(F)(F)F)cc1. The molecule has 0 spiro atoms. The molecule has 0 heterocycles. The molecule has 0 saturated carbocycles. The van der Waals surface area contributed by atoms with Gasteiger partial charge >= 0.3 is 6.18 Å². The minimum Gasteiger partial charge on any atom is -0.345 e. The summed E-state index contributed by atoms with van der Waals surface area (Å²) < 4.78 is 36.7. The Balaban J connectivity index is 2.69. The minimum atomic E-state index is -4.40. The lowest BCUT2D eigenvalue weighted by molar-refractivity contribution is -0.462. The Morgan fingerprint density at radius 3 is 2.29 bits per heavy atom. The van der Waals surface area contributed by atoms with Crippen molar-refractivity contribution in [1.29, 1.82) is 0 Å². The second kappa shape index (κ2) is 5.09. The third-order valence-corrected chi connectivity index (χ3v) is 2.00. The molecule has 1 rings (SSSR count). The van der Waals surface area contributed by atoms with Crippen LogP contribution in [-0.2, 0) is 6.18 Å². The van der Waals surface area contributed by atoms with Gasteiger partial charge in [-0.1, -0.05) is 12.2 Å². The van der Waals surface area contributed by atoms with Crippen LogP contribution < -0.4 is 5.32 Å². The summed E-state index contributed by atoms with van der Waals surface area (Å²) in [6.07, 6.45) is -4.40. The van der Waals surface area contributed by atoms with E-state index in [0.717, 1.165) is 24.3 Å². The molecule has 0 aliphatic heterocycles. The first-order valence-corrected chi connectivity index (χ1v) is 4.79. The van der Waals surface area contributed by atoms with Crippen LogP contribution in [0.15, 0.2) is 24.3 Å². The Morgan fingerprint density at radius 2 is 1.88 bits per heavy atom. The fourth-order valence-electron chi connectivity index (χ4n) is 1.06. The Morgan fingerprint density at radius 1 is 1.35 bits per heavy atom. The van der Waals surface area contributed by atoms with Crippen LogP contribution in [0, 0.1) is 10.1 Å². The van der Waals surface area contributed by atoms with E-state index in [9.17, 15) is 23.3 Å². The first-order valence-electron chi connectivity index (χ1n) is 4.38. The highest BCUT2D eigenvalue weighted by Gasteiger charge is 2.29. The van der Waals surface area contributed by atoms with Crippen LogP contribution in [0.1, 0.15) is 5.56 Å². The molecule has 17 heavy (non-hydrogen) atoms. The summed E-state index contributed by atoms with van der Waals surface area (Å²) in [5.41, 5.74) is -0.506. The molecule has 0 unspecified atom stereocenters. The van der Waals surface area contributed by atoms with Gasteiger partial charge in [-0.15, -0.1) is 0 Å². The molecular formula is C9H7F3N2O2S. The summed E-state index contributed by atoms with van der Waals surface area (Å²) in [6.45, 7) is -0.559. The first kappa shape index (κ1) is 13.4. The molecule has 0 aromatic heterocycles. The van der Waals surface area contributed by atoms with Gasteiger partial charge in [-0.05, 0) is 24.3 Å². The van der Waals surface area contributed by atoms with Crippen LogP contribution >= 0.6 is 12.2 Å². The van der Waals surface area contributed by atoms with Gasteiger partial charge in [0.1, 0.15) is 0 Å². The first-order chi connectivity index (χ1) is 7.79. The van der Waals surface area contributed by atoms with E-state index in [-0.39, 0.29) is 10.7 Å². The second-order valence-electron chi connectivity index (χ2n) is 3.11. The molecular weight excluding hydrogens is 257 g/mol. The highest BCUT2D eigenvalue weighted by molar-refractivity contribution is 7.80. The number of hydrogen-bond acceptors (Lipinski definition) is 3. The van der Waals surface area contributed by atoms with Crippen molar-refractivity contribution in [3.8, 4) is 0 Å². The van der Waals surface area contributed by atoms with E-state index in [1.807, 2.05) is 0 Å². The molecule has 1 aromatic rings. The number of alkyl halides is 3. The van der Waals surface area contributed by atoms with Crippen LogP contribution in [0.4, 0.5) is 18.9 Å². The largest absolute Gasteiger partial charge is 0.416 e. The molecule has 0 fully saturated rings. The maximum Gasteiger partial charge on any atom is 0.416 e. The number of anilines is 1. The summed E-state index contributed by atoms with van der Waals surface area (Å²) >= 11 is 4.64. The van der Waals surface area contributed by atoms with Gasteiger partial charge in [-0.3, -0.25) is 10.1 Å². The van der Waals surface area contributed by atoms with E-state index < -0.39 is 23.2 Å². The minimum absolute atomic E-state index is 0.0604. The highest BCUT2D eigenvalue weighted by atomic mass is 32.1. The maximum atomic E-state index is 12.2. The molecule has 0 aliphatic carbocycles. The van der Waals surface area contributed by atoms with Crippen molar-refractivity contribution in [3.63, 3.8) is 0 Å². The predicted octanol–water partition coefficient (Wildman–Crippen LogP) is 2.72. The van der Waals surface area contributed by atoms with E-state index in [1.54, 1.807) is 0 Å². The molecule has 92 valence electrons. The van der Waals surface area contributed by atoms with Gasteiger partial charge in [0.15, 0.2) is 4.99 Å². The van der Waals surface area contributed by atoms with Crippen molar-refractivity contribution in [2.45, 2.75) is 6.18 Å². The number of hydrogen-bond donors (Lipinski definition) is 1. The zero-order valence-corrected chi connectivity index (χ0v) is 9.14. The molecule has 0 saturated heterocycles. The monoisotopic (exact) mass is 264 g/mol. The van der Waals surface area contributed by atoms with E-state index >= 15 is 0 Å². The Hall–Kier alpha value is -1.70. The summed E-state index contributed by atoms with van der Waals surface area (Å²) in [6, 6.07) is 4.07. The predicted molar refractivity (Wildman–Crippen MR) is 59.5 cm³/mol. The van der Waals surface area contributed by atoms with E-state index in [0.29, 0.717) is 0 Å². The standard InChI is InChI=1S/C9H7F3N2O2S/c10-9(11,12)6-1-3-7(4-2-6)13-8(17)5-14(15)16/h1-4H,5H2,(H,13,17). The van der Waals surface area contributed by atoms with Gasteiger partial charge in [0.2, 0.25) is 0 Å². The zero-order valence-electron chi connectivity index (χ0n) is 8.32. The highest BCUT2D eigenvalue weighted by Crippen LogP contribution is 2.29. The number of nitro groups is 1. The number of benzene rings is 1. The normalized spacial score (nSPS) is 11.0. The van der Waals surface area contributed by atoms with Crippen LogP contribution in [0.5, 0.6) is 0 Å². The van der Waals surface area contributed by atoms with Gasteiger partial charge in [-0.2, -0.15) is 13.2 Å². The number of thiocarbonyl (C=S) groups is 1. The fraction of sp³-hybridized carbons (Fsp3) is 0.222. The summed E-state index contributed by atoms with van der Waals surface area (Å²) in [5, 5.41) is 12.6. The third kappa shape index (κ3) is 4.35. The Kier molecular flexibility index (Phi) is 4.00. The number of rotatable bonds is 3. The van der Waals surface area contributed by atoms with Gasteiger partial charge < -0.3 is 5.32 Å². The zero-order chi connectivity index (χ0) is 13.1. The van der Waals surface area contributed by atoms with Crippen LogP contribution in [-0.4, -0.2) is 16.5 Å². The van der Waals surface area contributed by atoms with Gasteiger partial charge in [-0.25, -0.2) is 0 Å². The fourth-order valence-corrected chi connectivity index (χ4v) is 1.28. The summed E-state index contributed by atoms with van der Waals surface area (Å²) in [4.78, 5) is 9.43. The van der Waals surface area contributed by atoms with E-state index in [4.69, 9.17) is 0 Å². The number of halogens is 3. The van der Waals surface area contributed by atoms with E-state index in [1.165, 1.54) is 0 Å². The molecule has 0 bridgehead atoms. The molecule has 1 N–H and O–H groups in total. The van der Waals surface area contributed by atoms with Crippen molar-refractivity contribution < 1.29 is 18.1 Å². The van der Waals surface area contributed by atoms with Crippen molar-refractivity contribution >= 4 is 22.9 Å². The van der Waals surface area contributed by atoms with Crippen molar-refractivity contribution in [2.75, 3.05) is 11.9 Å². The van der Waals surface area contributed by atoms with Gasteiger partial charge in [0.25, 0.3) is 6.54 Å². The average Bonchev–Trinajstić information content (AvgIpc) is 2.15. The lowest BCUT2D eigenvalue weighted by Gasteiger charge is -2.08. The Bertz CT molecular complexity index is 431. The van der Waals surface area contributed by atoms with Crippen LogP contribution in [0.3, 0.4) is 0 Å². The van der Waals surface area contributed by atoms with Crippen LogP contribution in [0.2, 0.25) is 0 Å². The lowest BCUT2D eigenvalue weighted by atomic mass is 10.2. The Labute approximate surface area is 99.6 Å². The molecule has 0 radical (unpaired) electrons. The topological polar surface area (TPSA) is 55.2 Å². The van der Waals surface area contributed by atoms with Crippen molar-refractivity contribution in [3.05, 3.63) is 39.9 Å². The molecule has 1 aromatic carbocycles. The quantitative estimate of drug-likeness (QED) is 0.518. The summed E-state index contributed by atoms with van der Waals surface area (Å²) in [7, 11) is 0. The van der Waals surface area contributed by atoms with Crippen LogP contribution in [0.25, 0.3) is 0 Å². The number of nitrogens with one attached hydrogen (secondary N) is 1. The molecule has 0 amide bonds. The molecule has 4 nitrogen and oxygen atoms in total. The lowest BCUT2D eigenvalue weighted by Crippen LogP contribution is -2.19. The van der Waals surface area contributed by atoms with Gasteiger partial charge in [0.05, 0.1) is 5.56 Å². The van der Waals surface area contributed by atoms with Crippen molar-refractivity contribution in [2.24, 2.45) is 0 Å². The maximum absolute atomic E-state index is 12.2. The van der Waals surface area contributed by atoms with E-state index in [2.05, 4.69) is 17.5 Å². The second-order valence-corrected chi connectivity index (χ2v) is 3.61. The van der Waals surface area contributed by atoms with Gasteiger partial charge in [0, 0.05) is 10.6 Å². The summed E-state index contributed by atoms with van der Waals surface area (Å²) in [5.74, 6) is 0. The van der Waals surface area contributed by atoms with Crippen molar-refractivity contribution in [1.82, 2.24) is 0 Å². The molecule has 0 aliphatic rings. The number of nitrogens with zero attached hydrogens (tertiary/aromatic N) is 1.